The minimum absolute atomic E-state index is 0.430. The molecule has 138 valence electrons. The molecule has 1 fully saturated rings. The Bertz CT molecular complexity index is 983. The van der Waals surface area contributed by atoms with E-state index in [9.17, 15) is 0 Å². The molecule has 0 N–H and O–H groups in total. The van der Waals surface area contributed by atoms with Gasteiger partial charge >= 0.3 is 0 Å². The van der Waals surface area contributed by atoms with Gasteiger partial charge in [-0.25, -0.2) is 4.57 Å². The lowest BCUT2D eigenvalue weighted by molar-refractivity contribution is -0.660. The van der Waals surface area contributed by atoms with Gasteiger partial charge in [-0.3, -0.25) is 0 Å². The van der Waals surface area contributed by atoms with Crippen LogP contribution in [0.2, 0.25) is 0 Å². The number of nitrogens with zero attached hydrogens (tertiary/aromatic N) is 1. The topological polar surface area (TPSA) is 3.88 Å². The molecular weight excluding hydrogens is 326 g/mol. The van der Waals surface area contributed by atoms with Crippen LogP contribution in [0, 0.1) is 12.8 Å². The van der Waals surface area contributed by atoms with Crippen molar-refractivity contribution in [2.24, 2.45) is 13.0 Å². The predicted molar refractivity (Wildman–Crippen MR) is 114 cm³/mol. The molecule has 0 amide bonds. The van der Waals surface area contributed by atoms with E-state index in [0.29, 0.717) is 0 Å². The minimum Gasteiger partial charge on any atom is -0.201 e. The Hall–Kier alpha value is -2.41. The van der Waals surface area contributed by atoms with E-state index in [2.05, 4.69) is 92.3 Å². The molecule has 0 saturated heterocycles. The molecule has 1 nitrogen and oxygen atoms in total. The molecule has 1 aliphatic rings. The van der Waals surface area contributed by atoms with Crippen LogP contribution in [0.4, 0.5) is 0 Å². The highest BCUT2D eigenvalue weighted by Crippen LogP contribution is 2.37. The molecule has 2 aromatic carbocycles. The van der Waals surface area contributed by atoms with E-state index in [4.69, 9.17) is 1.37 Å². The van der Waals surface area contributed by atoms with Gasteiger partial charge in [-0.05, 0) is 59.9 Å². The Labute approximate surface area is 165 Å². The highest BCUT2D eigenvalue weighted by molar-refractivity contribution is 5.70. The normalized spacial score (nSPS) is 23.1. The second-order valence-corrected chi connectivity index (χ2v) is 8.09. The van der Waals surface area contributed by atoms with Gasteiger partial charge in [0.1, 0.15) is 7.05 Å². The number of benzene rings is 2. The molecular formula is C26H30N+. The van der Waals surface area contributed by atoms with Crippen molar-refractivity contribution in [2.45, 2.75) is 45.4 Å². The van der Waals surface area contributed by atoms with E-state index in [1.165, 1.54) is 33.5 Å². The maximum absolute atomic E-state index is 9.05. The van der Waals surface area contributed by atoms with E-state index in [1.54, 1.807) is 0 Å². The second-order valence-electron chi connectivity index (χ2n) is 8.09. The quantitative estimate of drug-likeness (QED) is 0.474. The molecule has 1 aromatic heterocycles. The van der Waals surface area contributed by atoms with Crippen molar-refractivity contribution in [1.82, 2.24) is 0 Å². The van der Waals surface area contributed by atoms with E-state index in [1.807, 2.05) is 0 Å². The summed E-state index contributed by atoms with van der Waals surface area (Å²) in [4.78, 5) is 0. The smallest absolute Gasteiger partial charge is 0.201 e. The fraction of sp³-hybridized carbons (Fsp3) is 0.346. The number of hydrogen-bond acceptors (Lipinski definition) is 0. The monoisotopic (exact) mass is 357 g/mol. The Kier molecular flexibility index (Phi) is 4.76. The standard InChI is InChI=1S/C26H30N/c1-19-11-13-21(14-12-19)22-8-6-9-23(17-22)24-15-16-27(3)26(18-24)25-10-5-4-7-20(25)2/h4-10,15-19,21H,11-14H2,1-3H3/q+1/i21D. The van der Waals surface area contributed by atoms with Gasteiger partial charge in [-0.2, -0.15) is 0 Å². The van der Waals surface area contributed by atoms with Crippen molar-refractivity contribution >= 4 is 0 Å². The molecule has 0 bridgehead atoms. The largest absolute Gasteiger partial charge is 0.213 e. The highest BCUT2D eigenvalue weighted by Gasteiger charge is 2.20. The molecule has 1 aliphatic carbocycles. The zero-order chi connectivity index (χ0) is 19.7. The van der Waals surface area contributed by atoms with Crippen LogP contribution in [0.25, 0.3) is 22.4 Å². The van der Waals surface area contributed by atoms with Gasteiger partial charge in [0.15, 0.2) is 6.20 Å². The fourth-order valence-electron chi connectivity index (χ4n) is 4.20. The Morgan fingerprint density at radius 3 is 2.41 bits per heavy atom. The minimum atomic E-state index is -0.430. The number of aromatic nitrogens is 1. The van der Waals surface area contributed by atoms with Crippen molar-refractivity contribution in [3.63, 3.8) is 0 Å². The van der Waals surface area contributed by atoms with Crippen LogP contribution in [0.15, 0.2) is 66.9 Å². The van der Waals surface area contributed by atoms with Crippen LogP contribution < -0.4 is 4.57 Å². The van der Waals surface area contributed by atoms with Gasteiger partial charge in [0.25, 0.3) is 0 Å². The maximum atomic E-state index is 9.05. The lowest BCUT2D eigenvalue weighted by atomic mass is 9.79. The third kappa shape index (κ3) is 3.83. The van der Waals surface area contributed by atoms with Crippen LogP contribution in [-0.2, 0) is 7.05 Å². The summed E-state index contributed by atoms with van der Waals surface area (Å²) < 4.78 is 11.2. The third-order valence-electron chi connectivity index (χ3n) is 6.05. The van der Waals surface area contributed by atoms with Crippen molar-refractivity contribution in [3.8, 4) is 22.4 Å². The predicted octanol–water partition coefficient (Wildman–Crippen LogP) is 6.45. The molecule has 0 aliphatic heterocycles. The Morgan fingerprint density at radius 1 is 0.889 bits per heavy atom. The summed E-state index contributed by atoms with van der Waals surface area (Å²) in [6, 6.07) is 21.7. The van der Waals surface area contributed by atoms with E-state index >= 15 is 0 Å². The van der Waals surface area contributed by atoms with E-state index < -0.39 is 5.89 Å². The zero-order valence-corrected chi connectivity index (χ0v) is 16.7. The molecule has 1 saturated carbocycles. The lowest BCUT2D eigenvalue weighted by Gasteiger charge is -2.26. The molecule has 27 heavy (non-hydrogen) atoms. The second kappa shape index (κ2) is 7.68. The first kappa shape index (κ1) is 16.7. The Balaban J connectivity index is 1.73. The number of hydrogen-bond donors (Lipinski definition) is 0. The van der Waals surface area contributed by atoms with Gasteiger partial charge in [0.05, 0.1) is 0 Å². The molecule has 4 rings (SSSR count). The Morgan fingerprint density at radius 2 is 1.63 bits per heavy atom. The van der Waals surface area contributed by atoms with Crippen LogP contribution in [0.3, 0.4) is 0 Å². The highest BCUT2D eigenvalue weighted by atomic mass is 14.9. The first-order chi connectivity index (χ1) is 13.5. The zero-order valence-electron chi connectivity index (χ0n) is 17.7. The molecule has 0 unspecified atom stereocenters. The van der Waals surface area contributed by atoms with Crippen molar-refractivity contribution < 1.29 is 5.94 Å². The van der Waals surface area contributed by atoms with Crippen LogP contribution in [0.5, 0.6) is 0 Å². The number of rotatable bonds is 3. The van der Waals surface area contributed by atoms with Gasteiger partial charge in [0.2, 0.25) is 5.69 Å². The van der Waals surface area contributed by atoms with Gasteiger partial charge in [-0.15, -0.1) is 0 Å². The van der Waals surface area contributed by atoms with Crippen molar-refractivity contribution in [1.29, 1.82) is 0 Å². The molecule has 1 heterocycles. The summed E-state index contributed by atoms with van der Waals surface area (Å²) in [7, 11) is 2.10. The van der Waals surface area contributed by atoms with Crippen molar-refractivity contribution in [2.75, 3.05) is 0 Å². The average molecular weight is 358 g/mol. The number of pyridine rings is 1. The summed E-state index contributed by atoms with van der Waals surface area (Å²) in [5.41, 5.74) is 7.35. The lowest BCUT2D eigenvalue weighted by Crippen LogP contribution is -2.30. The van der Waals surface area contributed by atoms with Gasteiger partial charge < -0.3 is 0 Å². The maximum Gasteiger partial charge on any atom is 0.213 e. The molecule has 1 heteroatoms. The summed E-state index contributed by atoms with van der Waals surface area (Å²) in [6.45, 7) is 4.48. The summed E-state index contributed by atoms with van der Waals surface area (Å²) in [5, 5.41) is 0. The summed E-state index contributed by atoms with van der Waals surface area (Å²) in [5.74, 6) is 0.327. The molecule has 0 radical (unpaired) electrons. The molecule has 0 atom stereocenters. The van der Waals surface area contributed by atoms with Crippen LogP contribution in [0.1, 0.15) is 51.0 Å². The van der Waals surface area contributed by atoms with Gasteiger partial charge in [0, 0.05) is 19.1 Å². The first-order valence-corrected chi connectivity index (χ1v) is 10.1. The first-order valence-electron chi connectivity index (χ1n) is 10.6. The third-order valence-corrected chi connectivity index (χ3v) is 6.05. The SMILES string of the molecule is [2H]C1(c2cccc(-c3cc[n+](C)c(-c4ccccc4C)c3)c2)CCC(C)CC1. The molecule has 3 aromatic rings. The van der Waals surface area contributed by atoms with E-state index in [0.717, 1.165) is 31.6 Å². The van der Waals surface area contributed by atoms with E-state index in [-0.39, 0.29) is 0 Å². The number of aryl methyl sites for hydroxylation is 2. The fourth-order valence-corrected chi connectivity index (χ4v) is 4.20. The van der Waals surface area contributed by atoms with Crippen LogP contribution in [-0.4, -0.2) is 0 Å². The van der Waals surface area contributed by atoms with Crippen molar-refractivity contribution in [3.05, 3.63) is 78.0 Å². The van der Waals surface area contributed by atoms with Gasteiger partial charge in [-0.1, -0.05) is 62.2 Å². The summed E-state index contributed by atoms with van der Waals surface area (Å²) >= 11 is 0. The molecule has 0 spiro atoms. The van der Waals surface area contributed by atoms with Crippen LogP contribution >= 0.6 is 0 Å². The average Bonchev–Trinajstić information content (AvgIpc) is 2.71. The summed E-state index contributed by atoms with van der Waals surface area (Å²) in [6.07, 6.45) is 6.40.